The molecule has 5 nitrogen and oxygen atoms in total. The molecule has 8 heteroatoms. The predicted molar refractivity (Wildman–Crippen MR) is 86.0 cm³/mol. The Morgan fingerprint density at radius 2 is 1.75 bits per heavy atom. The Morgan fingerprint density at radius 3 is 2.17 bits per heavy atom. The highest BCUT2D eigenvalue weighted by molar-refractivity contribution is 6.62. The summed E-state index contributed by atoms with van der Waals surface area (Å²) >= 11 is 0. The minimum absolute atomic E-state index is 0.291. The number of hydrogen-bond donors (Lipinski definition) is 2. The van der Waals surface area contributed by atoms with E-state index in [-0.39, 0.29) is 5.56 Å². The number of rotatable bonds is 4. The molecule has 24 heavy (non-hydrogen) atoms. The highest BCUT2D eigenvalue weighted by Crippen LogP contribution is 2.37. The number of carbonyl (C=O) groups is 1. The van der Waals surface area contributed by atoms with E-state index in [9.17, 15) is 18.7 Å². The summed E-state index contributed by atoms with van der Waals surface area (Å²) in [6.07, 6.45) is -3.36. The second-order valence-corrected chi connectivity index (χ2v) is 7.09. The number of amides is 1. The Morgan fingerprint density at radius 1 is 1.25 bits per heavy atom. The third-order valence-corrected chi connectivity index (χ3v) is 4.92. The third kappa shape index (κ3) is 2.83. The largest absolute Gasteiger partial charge is 0.495 e. The molecule has 1 aliphatic rings. The molecule has 2 rings (SSSR count). The van der Waals surface area contributed by atoms with Gasteiger partial charge >= 0.3 is 7.12 Å². The lowest BCUT2D eigenvalue weighted by Gasteiger charge is -2.32. The van der Waals surface area contributed by atoms with E-state index in [4.69, 9.17) is 15.0 Å². The van der Waals surface area contributed by atoms with Crippen LogP contribution in [-0.4, -0.2) is 35.8 Å². The maximum Gasteiger partial charge on any atom is 0.495 e. The summed E-state index contributed by atoms with van der Waals surface area (Å²) in [5, 5.41) is 10.1. The lowest BCUT2D eigenvalue weighted by Crippen LogP contribution is -2.48. The van der Waals surface area contributed by atoms with E-state index in [1.807, 2.05) is 27.7 Å². The fraction of sp³-hybridized carbons (Fsp3) is 0.562. The Hall–Kier alpha value is -1.51. The standard InChI is InChI=1S/C16H22BF2NO4/c1-9-6-7-10(16(22,12(18)19)13(20)21)8-11(9)17-23-14(2,3)15(4,5)24-17/h6-8,12,22H,1-5H3,(H2,20,21). The minimum Gasteiger partial charge on any atom is -0.399 e. The smallest absolute Gasteiger partial charge is 0.399 e. The van der Waals surface area contributed by atoms with Gasteiger partial charge in [-0.1, -0.05) is 23.8 Å². The number of alkyl halides is 2. The molecule has 1 fully saturated rings. The molecule has 0 bridgehead atoms. The second-order valence-electron chi connectivity index (χ2n) is 7.09. The molecule has 0 aromatic heterocycles. The molecule has 3 N–H and O–H groups in total. The maximum absolute atomic E-state index is 13.3. The van der Waals surface area contributed by atoms with Crippen LogP contribution in [0.1, 0.15) is 38.8 Å². The number of carbonyl (C=O) groups excluding carboxylic acids is 1. The van der Waals surface area contributed by atoms with Gasteiger partial charge in [0.15, 0.2) is 0 Å². The quantitative estimate of drug-likeness (QED) is 0.808. The maximum atomic E-state index is 13.3. The van der Waals surface area contributed by atoms with Crippen LogP contribution >= 0.6 is 0 Å². The van der Waals surface area contributed by atoms with Crippen molar-refractivity contribution in [3.05, 3.63) is 29.3 Å². The average molecular weight is 341 g/mol. The molecular weight excluding hydrogens is 319 g/mol. The van der Waals surface area contributed by atoms with Crippen molar-refractivity contribution in [1.82, 2.24) is 0 Å². The van der Waals surface area contributed by atoms with Gasteiger partial charge in [0.05, 0.1) is 11.2 Å². The van der Waals surface area contributed by atoms with E-state index in [0.29, 0.717) is 5.46 Å². The van der Waals surface area contributed by atoms with Gasteiger partial charge in [0.1, 0.15) is 0 Å². The van der Waals surface area contributed by atoms with Crippen molar-refractivity contribution in [1.29, 1.82) is 0 Å². The topological polar surface area (TPSA) is 81.8 Å². The number of nitrogens with two attached hydrogens (primary N) is 1. The summed E-state index contributed by atoms with van der Waals surface area (Å²) in [6, 6.07) is 4.06. The molecule has 1 amide bonds. The van der Waals surface area contributed by atoms with Gasteiger partial charge in [0.25, 0.3) is 12.3 Å². The van der Waals surface area contributed by atoms with Crippen LogP contribution in [-0.2, 0) is 19.7 Å². The number of halogens is 2. The summed E-state index contributed by atoms with van der Waals surface area (Å²) in [5.41, 5.74) is 1.61. The molecule has 1 atom stereocenters. The van der Waals surface area contributed by atoms with Crippen molar-refractivity contribution in [3.8, 4) is 0 Å². The Labute approximate surface area is 140 Å². The van der Waals surface area contributed by atoms with Crippen molar-refractivity contribution < 1.29 is 28.0 Å². The average Bonchev–Trinajstić information content (AvgIpc) is 2.66. The van der Waals surface area contributed by atoms with Crippen molar-refractivity contribution in [2.75, 3.05) is 0 Å². The molecule has 0 saturated carbocycles. The zero-order valence-corrected chi connectivity index (χ0v) is 14.4. The minimum atomic E-state index is -3.36. The fourth-order valence-corrected chi connectivity index (χ4v) is 2.48. The number of aliphatic hydroxyl groups is 1. The van der Waals surface area contributed by atoms with Crippen molar-refractivity contribution in [3.63, 3.8) is 0 Å². The van der Waals surface area contributed by atoms with Crippen molar-refractivity contribution in [2.45, 2.75) is 57.8 Å². The van der Waals surface area contributed by atoms with Crippen LogP contribution in [0.3, 0.4) is 0 Å². The molecule has 1 saturated heterocycles. The highest BCUT2D eigenvalue weighted by atomic mass is 19.3. The normalized spacial score (nSPS) is 21.8. The molecule has 0 radical (unpaired) electrons. The number of hydrogen-bond acceptors (Lipinski definition) is 4. The van der Waals surface area contributed by atoms with Gasteiger partial charge in [-0.2, -0.15) is 0 Å². The number of benzene rings is 1. The lowest BCUT2D eigenvalue weighted by atomic mass is 9.74. The van der Waals surface area contributed by atoms with Gasteiger partial charge in [-0.3, -0.25) is 4.79 Å². The van der Waals surface area contributed by atoms with Crippen LogP contribution in [0.15, 0.2) is 18.2 Å². The molecule has 1 aromatic rings. The molecule has 1 unspecified atom stereocenters. The first kappa shape index (κ1) is 18.8. The van der Waals surface area contributed by atoms with E-state index in [1.54, 1.807) is 6.92 Å². The van der Waals surface area contributed by atoms with Crippen LogP contribution in [0.2, 0.25) is 0 Å². The SMILES string of the molecule is Cc1ccc(C(O)(C(N)=O)C(F)F)cc1B1OC(C)(C)C(C)(C)O1. The molecule has 1 heterocycles. The van der Waals surface area contributed by atoms with Gasteiger partial charge < -0.3 is 20.1 Å². The van der Waals surface area contributed by atoms with Crippen LogP contribution < -0.4 is 11.2 Å². The predicted octanol–water partition coefficient (Wildman–Crippen LogP) is 1.23. The summed E-state index contributed by atoms with van der Waals surface area (Å²) in [4.78, 5) is 11.4. The van der Waals surface area contributed by atoms with Crippen LogP contribution in [0.25, 0.3) is 0 Å². The molecule has 1 aromatic carbocycles. The van der Waals surface area contributed by atoms with Gasteiger partial charge in [-0.05, 0) is 45.6 Å². The Bertz CT molecular complexity index is 649. The summed E-state index contributed by atoms with van der Waals surface area (Å²) in [5.74, 6) is -1.51. The molecular formula is C16H22BF2NO4. The van der Waals surface area contributed by atoms with Gasteiger partial charge in [-0.15, -0.1) is 0 Å². The van der Waals surface area contributed by atoms with E-state index in [2.05, 4.69) is 0 Å². The molecule has 132 valence electrons. The van der Waals surface area contributed by atoms with Crippen LogP contribution in [0, 0.1) is 6.92 Å². The zero-order chi connectivity index (χ0) is 18.5. The van der Waals surface area contributed by atoms with Gasteiger partial charge in [0, 0.05) is 0 Å². The van der Waals surface area contributed by atoms with Crippen LogP contribution in [0.5, 0.6) is 0 Å². The lowest BCUT2D eigenvalue weighted by molar-refractivity contribution is -0.156. The first-order chi connectivity index (χ1) is 10.8. The van der Waals surface area contributed by atoms with E-state index >= 15 is 0 Å². The molecule has 0 spiro atoms. The third-order valence-electron chi connectivity index (χ3n) is 4.92. The molecule has 1 aliphatic heterocycles. The molecule has 0 aliphatic carbocycles. The van der Waals surface area contributed by atoms with Crippen LogP contribution in [0.4, 0.5) is 8.78 Å². The zero-order valence-electron chi connectivity index (χ0n) is 14.4. The first-order valence-electron chi connectivity index (χ1n) is 7.60. The summed E-state index contributed by atoms with van der Waals surface area (Å²) in [6.45, 7) is 9.22. The summed E-state index contributed by atoms with van der Waals surface area (Å²) in [7, 11) is -0.801. The Kier molecular flexibility index (Phi) is 4.54. The van der Waals surface area contributed by atoms with E-state index in [0.717, 1.165) is 5.56 Å². The van der Waals surface area contributed by atoms with Crippen molar-refractivity contribution >= 4 is 18.5 Å². The van der Waals surface area contributed by atoms with Crippen molar-refractivity contribution in [2.24, 2.45) is 5.73 Å². The Balaban J connectivity index is 2.50. The van der Waals surface area contributed by atoms with E-state index in [1.165, 1.54) is 18.2 Å². The first-order valence-corrected chi connectivity index (χ1v) is 7.60. The van der Waals surface area contributed by atoms with Gasteiger partial charge in [0.2, 0.25) is 5.60 Å². The monoisotopic (exact) mass is 341 g/mol. The second kappa shape index (κ2) is 5.79. The van der Waals surface area contributed by atoms with Gasteiger partial charge in [-0.25, -0.2) is 8.78 Å². The summed E-state index contributed by atoms with van der Waals surface area (Å²) < 4.78 is 38.3. The van der Waals surface area contributed by atoms with E-state index < -0.39 is 36.3 Å². The fourth-order valence-electron chi connectivity index (χ4n) is 2.48. The number of primary amides is 1. The number of aryl methyl sites for hydroxylation is 1. The highest BCUT2D eigenvalue weighted by Gasteiger charge is 2.53.